The molecule has 3 atom stereocenters. The van der Waals surface area contributed by atoms with Crippen LogP contribution in [0.1, 0.15) is 30.9 Å². The lowest BCUT2D eigenvalue weighted by molar-refractivity contribution is 0.394. The number of allylic oxidation sites excluding steroid dienone is 3. The zero-order valence-corrected chi connectivity index (χ0v) is 19.8. The number of anilines is 1. The maximum atomic E-state index is 12.9. The molecule has 0 spiro atoms. The van der Waals surface area contributed by atoms with Gasteiger partial charge in [-0.05, 0) is 55.2 Å². The van der Waals surface area contributed by atoms with Crippen molar-refractivity contribution in [3.05, 3.63) is 87.4 Å². The third-order valence-electron chi connectivity index (χ3n) is 5.75. The van der Waals surface area contributed by atoms with E-state index in [0.29, 0.717) is 40.9 Å². The third kappa shape index (κ3) is 5.29. The lowest BCUT2D eigenvalue weighted by atomic mass is 9.91. The van der Waals surface area contributed by atoms with E-state index in [0.717, 1.165) is 11.3 Å². The highest BCUT2D eigenvalue weighted by Gasteiger charge is 2.34. The first kappa shape index (κ1) is 22.7. The number of piperidine rings is 1. The molecule has 2 aromatic rings. The second-order valence-corrected chi connectivity index (χ2v) is 11.0. The topological polar surface area (TPSA) is 49.4 Å². The summed E-state index contributed by atoms with van der Waals surface area (Å²) < 4.78 is 28.8. The third-order valence-corrected chi connectivity index (χ3v) is 8.35. The maximum Gasteiger partial charge on any atom is 0.218 e. The zero-order chi connectivity index (χ0) is 22.0. The lowest BCUT2D eigenvalue weighted by Gasteiger charge is -2.42. The molecule has 1 fully saturated rings. The van der Waals surface area contributed by atoms with Crippen LogP contribution < -0.4 is 9.62 Å². The Morgan fingerprint density at radius 3 is 2.39 bits per heavy atom. The SMILES string of the molecule is O=S(=O)(NC1CCN(c2ccc(Cl)cc2Cl)C(c2ccc(Cl)cc2)C1)C1C=CC=CC1. The van der Waals surface area contributed by atoms with Gasteiger partial charge in [-0.3, -0.25) is 0 Å². The second-order valence-electron chi connectivity index (χ2n) is 7.83. The van der Waals surface area contributed by atoms with Gasteiger partial charge in [-0.15, -0.1) is 0 Å². The summed E-state index contributed by atoms with van der Waals surface area (Å²) in [4.78, 5) is 2.22. The van der Waals surface area contributed by atoms with E-state index in [9.17, 15) is 8.42 Å². The predicted molar refractivity (Wildman–Crippen MR) is 130 cm³/mol. The van der Waals surface area contributed by atoms with Crippen molar-refractivity contribution in [1.82, 2.24) is 4.72 Å². The largest absolute Gasteiger partial charge is 0.363 e. The van der Waals surface area contributed by atoms with Gasteiger partial charge < -0.3 is 4.90 Å². The van der Waals surface area contributed by atoms with Crippen molar-refractivity contribution in [2.45, 2.75) is 36.6 Å². The van der Waals surface area contributed by atoms with Crippen LogP contribution in [0.5, 0.6) is 0 Å². The minimum absolute atomic E-state index is 0.0563. The highest BCUT2D eigenvalue weighted by atomic mass is 35.5. The monoisotopic (exact) mass is 496 g/mol. The Hall–Kier alpha value is -1.50. The molecule has 1 N–H and O–H groups in total. The predicted octanol–water partition coefficient (Wildman–Crippen LogP) is 6.16. The van der Waals surface area contributed by atoms with E-state index in [2.05, 4.69) is 9.62 Å². The smallest absolute Gasteiger partial charge is 0.218 e. The van der Waals surface area contributed by atoms with E-state index < -0.39 is 15.3 Å². The van der Waals surface area contributed by atoms with Crippen LogP contribution in [-0.4, -0.2) is 26.3 Å². The van der Waals surface area contributed by atoms with Crippen molar-refractivity contribution >= 4 is 50.5 Å². The van der Waals surface area contributed by atoms with Gasteiger partial charge in [0.1, 0.15) is 0 Å². The van der Waals surface area contributed by atoms with Crippen LogP contribution in [0.15, 0.2) is 66.8 Å². The standard InChI is InChI=1S/C23H23Cl3N2O2S/c24-17-8-6-16(7-9-17)23-15-19(27-31(29,30)20-4-2-1-3-5-20)12-13-28(23)22-11-10-18(25)14-21(22)26/h1-4,6-11,14,19-20,23,27H,5,12-13,15H2. The van der Waals surface area contributed by atoms with Gasteiger partial charge in [0.25, 0.3) is 0 Å². The van der Waals surface area contributed by atoms with Gasteiger partial charge in [0, 0.05) is 22.6 Å². The van der Waals surface area contributed by atoms with Gasteiger partial charge >= 0.3 is 0 Å². The van der Waals surface area contributed by atoms with Crippen LogP contribution >= 0.6 is 34.8 Å². The first-order valence-electron chi connectivity index (χ1n) is 10.1. The number of benzene rings is 2. The molecule has 4 nitrogen and oxygen atoms in total. The molecule has 2 aromatic carbocycles. The van der Waals surface area contributed by atoms with Crippen LogP contribution in [0.2, 0.25) is 15.1 Å². The van der Waals surface area contributed by atoms with Crippen LogP contribution in [0.25, 0.3) is 0 Å². The van der Waals surface area contributed by atoms with E-state index in [1.807, 2.05) is 48.6 Å². The molecule has 1 saturated heterocycles. The number of sulfonamides is 1. The summed E-state index contributed by atoms with van der Waals surface area (Å²) in [5.74, 6) is 0. The molecule has 8 heteroatoms. The summed E-state index contributed by atoms with van der Waals surface area (Å²) in [5.41, 5.74) is 1.94. The molecule has 3 unspecified atom stereocenters. The summed E-state index contributed by atoms with van der Waals surface area (Å²) in [5, 5.41) is 1.28. The Bertz CT molecular complexity index is 1100. The van der Waals surface area contributed by atoms with E-state index >= 15 is 0 Å². The second kappa shape index (κ2) is 9.55. The number of hydrogen-bond acceptors (Lipinski definition) is 3. The lowest BCUT2D eigenvalue weighted by Crippen LogP contribution is -2.48. The Labute approximate surface area is 198 Å². The van der Waals surface area contributed by atoms with Crippen molar-refractivity contribution in [3.63, 3.8) is 0 Å². The zero-order valence-electron chi connectivity index (χ0n) is 16.7. The van der Waals surface area contributed by atoms with E-state index in [1.54, 1.807) is 18.2 Å². The van der Waals surface area contributed by atoms with Crippen molar-refractivity contribution in [3.8, 4) is 0 Å². The highest BCUT2D eigenvalue weighted by Crippen LogP contribution is 2.40. The molecule has 1 heterocycles. The van der Waals surface area contributed by atoms with Crippen molar-refractivity contribution in [2.24, 2.45) is 0 Å². The quantitative estimate of drug-likeness (QED) is 0.538. The van der Waals surface area contributed by atoms with Crippen LogP contribution in [0, 0.1) is 0 Å². The normalized spacial score (nSPS) is 23.8. The Balaban J connectivity index is 1.60. The van der Waals surface area contributed by atoms with Gasteiger partial charge in [-0.25, -0.2) is 13.1 Å². The summed E-state index contributed by atoms with van der Waals surface area (Å²) in [6.45, 7) is 0.655. The maximum absolute atomic E-state index is 12.9. The summed E-state index contributed by atoms with van der Waals surface area (Å²) in [7, 11) is -3.46. The molecular weight excluding hydrogens is 475 g/mol. The number of nitrogens with one attached hydrogen (secondary N) is 1. The molecule has 0 aromatic heterocycles. The van der Waals surface area contributed by atoms with E-state index in [-0.39, 0.29) is 12.1 Å². The van der Waals surface area contributed by atoms with Gasteiger partial charge in [0.2, 0.25) is 10.0 Å². The average Bonchev–Trinajstić information content (AvgIpc) is 2.75. The summed E-state index contributed by atoms with van der Waals surface area (Å²) in [6.07, 6.45) is 9.06. The van der Waals surface area contributed by atoms with Gasteiger partial charge in [-0.1, -0.05) is 71.2 Å². The van der Waals surface area contributed by atoms with Crippen molar-refractivity contribution < 1.29 is 8.42 Å². The first-order chi connectivity index (χ1) is 14.8. The Morgan fingerprint density at radius 2 is 1.71 bits per heavy atom. The number of rotatable bonds is 5. The molecule has 4 rings (SSSR count). The molecule has 1 aliphatic carbocycles. The van der Waals surface area contributed by atoms with E-state index in [4.69, 9.17) is 34.8 Å². The summed E-state index contributed by atoms with van der Waals surface area (Å²) in [6, 6.07) is 12.9. The van der Waals surface area contributed by atoms with Crippen molar-refractivity contribution in [2.75, 3.05) is 11.4 Å². The minimum atomic E-state index is -3.46. The van der Waals surface area contributed by atoms with Gasteiger partial charge in [0.05, 0.1) is 22.0 Å². The van der Waals surface area contributed by atoms with Crippen molar-refractivity contribution in [1.29, 1.82) is 0 Å². The van der Waals surface area contributed by atoms with Crippen LogP contribution in [-0.2, 0) is 10.0 Å². The molecule has 0 radical (unpaired) electrons. The highest BCUT2D eigenvalue weighted by molar-refractivity contribution is 7.90. The molecule has 2 aliphatic rings. The summed E-state index contributed by atoms with van der Waals surface area (Å²) >= 11 is 18.7. The average molecular weight is 498 g/mol. The number of halogens is 3. The molecule has 1 aliphatic heterocycles. The van der Waals surface area contributed by atoms with Gasteiger partial charge in [0.15, 0.2) is 0 Å². The first-order valence-corrected chi connectivity index (χ1v) is 12.8. The minimum Gasteiger partial charge on any atom is -0.363 e. The fourth-order valence-corrected chi connectivity index (χ4v) is 6.34. The molecule has 31 heavy (non-hydrogen) atoms. The molecule has 164 valence electrons. The van der Waals surface area contributed by atoms with Gasteiger partial charge in [-0.2, -0.15) is 0 Å². The number of hydrogen-bond donors (Lipinski definition) is 1. The Morgan fingerprint density at radius 1 is 0.968 bits per heavy atom. The fourth-order valence-electron chi connectivity index (χ4n) is 4.18. The number of nitrogens with zero attached hydrogens (tertiary/aromatic N) is 1. The molecular formula is C23H23Cl3N2O2S. The fraction of sp³-hybridized carbons (Fsp3) is 0.304. The van der Waals surface area contributed by atoms with Crippen LogP contribution in [0.3, 0.4) is 0 Å². The molecule has 0 amide bonds. The molecule has 0 saturated carbocycles. The van der Waals surface area contributed by atoms with Crippen LogP contribution in [0.4, 0.5) is 5.69 Å². The van der Waals surface area contributed by atoms with E-state index in [1.165, 1.54) is 0 Å². The Kier molecular flexibility index (Phi) is 6.99. The molecule has 0 bridgehead atoms.